The average Bonchev–Trinajstić information content (AvgIpc) is 3.41. The molecule has 0 aliphatic carbocycles. The second-order valence-electron chi connectivity index (χ2n) is 9.85. The fraction of sp³-hybridized carbons (Fsp3) is 0.783. The van der Waals surface area contributed by atoms with Gasteiger partial charge in [0.05, 0.1) is 6.04 Å². The summed E-state index contributed by atoms with van der Waals surface area (Å²) in [7, 11) is 0. The molecule has 3 unspecified atom stereocenters. The Labute approximate surface area is 208 Å². The van der Waals surface area contributed by atoms with Crippen molar-refractivity contribution >= 4 is 29.5 Å². The van der Waals surface area contributed by atoms with Crippen LogP contribution >= 0.6 is 0 Å². The minimum Gasteiger partial charge on any atom is -0.344 e. The van der Waals surface area contributed by atoms with Crippen molar-refractivity contribution in [3.63, 3.8) is 0 Å². The van der Waals surface area contributed by atoms with Gasteiger partial charge in [0.2, 0.25) is 17.7 Å². The van der Waals surface area contributed by atoms with Crippen molar-refractivity contribution in [3.8, 4) is 0 Å². The molecule has 2 aliphatic heterocycles. The third kappa shape index (κ3) is 6.88. The van der Waals surface area contributed by atoms with Gasteiger partial charge in [-0.1, -0.05) is 27.7 Å². The molecule has 13 heteroatoms. The van der Waals surface area contributed by atoms with E-state index in [1.54, 1.807) is 18.7 Å². The van der Waals surface area contributed by atoms with Crippen LogP contribution in [0.3, 0.4) is 0 Å². The molecule has 5 amide bonds. The van der Waals surface area contributed by atoms with Crippen LogP contribution in [0.2, 0.25) is 0 Å². The molecule has 2 heterocycles. The van der Waals surface area contributed by atoms with Crippen molar-refractivity contribution in [1.29, 1.82) is 0 Å². The van der Waals surface area contributed by atoms with Gasteiger partial charge in [0.25, 0.3) is 5.78 Å². The number of nitrogens with one attached hydrogen (secondary N) is 2. The Hall–Kier alpha value is -2.86. The van der Waals surface area contributed by atoms with E-state index in [9.17, 15) is 37.1 Å². The molecule has 0 spiro atoms. The summed E-state index contributed by atoms with van der Waals surface area (Å²) in [5.41, 5.74) is 0. The number of carbonyl (C=O) groups excluding carboxylic acids is 5. The van der Waals surface area contributed by atoms with E-state index >= 15 is 0 Å². The number of amides is 5. The largest absolute Gasteiger partial charge is 0.452 e. The van der Waals surface area contributed by atoms with E-state index in [1.165, 1.54) is 23.6 Å². The summed E-state index contributed by atoms with van der Waals surface area (Å²) in [6.45, 7) is 9.43. The van der Waals surface area contributed by atoms with E-state index in [-0.39, 0.29) is 31.5 Å². The van der Waals surface area contributed by atoms with Crippen molar-refractivity contribution in [3.05, 3.63) is 0 Å². The van der Waals surface area contributed by atoms with Gasteiger partial charge in [-0.3, -0.25) is 19.2 Å². The summed E-state index contributed by atoms with van der Waals surface area (Å²) in [5, 5.41) is 4.84. The molecular formula is C23H36F3N5O5. The maximum Gasteiger partial charge on any atom is 0.452 e. The lowest BCUT2D eigenvalue weighted by atomic mass is 9.98. The van der Waals surface area contributed by atoms with Crippen LogP contribution in [0.5, 0.6) is 0 Å². The quantitative estimate of drug-likeness (QED) is 0.449. The molecule has 2 fully saturated rings. The summed E-state index contributed by atoms with van der Waals surface area (Å²) in [5.74, 6) is -5.12. The maximum atomic E-state index is 13.3. The van der Waals surface area contributed by atoms with Gasteiger partial charge in [0.1, 0.15) is 18.6 Å². The molecule has 0 saturated carbocycles. The van der Waals surface area contributed by atoms with Gasteiger partial charge in [-0.15, -0.1) is 0 Å². The molecule has 2 N–H and O–H groups in total. The molecule has 0 aromatic rings. The van der Waals surface area contributed by atoms with Crippen LogP contribution in [0, 0.1) is 11.8 Å². The predicted molar refractivity (Wildman–Crippen MR) is 124 cm³/mol. The highest BCUT2D eigenvalue weighted by Crippen LogP contribution is 2.24. The van der Waals surface area contributed by atoms with Crippen LogP contribution < -0.4 is 10.6 Å². The fourth-order valence-corrected chi connectivity index (χ4v) is 4.42. The summed E-state index contributed by atoms with van der Waals surface area (Å²) in [6, 6.07) is -4.08. The highest BCUT2D eigenvalue weighted by Gasteiger charge is 2.46. The van der Waals surface area contributed by atoms with Gasteiger partial charge in [0.15, 0.2) is 0 Å². The Morgan fingerprint density at radius 3 is 2.03 bits per heavy atom. The number of hydrogen-bond donors (Lipinski definition) is 2. The van der Waals surface area contributed by atoms with Crippen molar-refractivity contribution in [1.82, 2.24) is 25.3 Å². The van der Waals surface area contributed by atoms with Gasteiger partial charge in [-0.05, 0) is 31.6 Å². The molecule has 0 aromatic heterocycles. The first-order valence-electron chi connectivity index (χ1n) is 12.2. The van der Waals surface area contributed by atoms with E-state index in [4.69, 9.17) is 0 Å². The number of carbonyl (C=O) groups is 5. The molecule has 2 aliphatic rings. The second kappa shape index (κ2) is 11.9. The molecule has 2 saturated heterocycles. The molecule has 10 nitrogen and oxygen atoms in total. The molecule has 0 radical (unpaired) electrons. The Balaban J connectivity index is 2.09. The number of likely N-dealkylation sites (tertiary alicyclic amines) is 1. The Kier molecular flexibility index (Phi) is 9.72. The molecule has 0 bridgehead atoms. The maximum absolute atomic E-state index is 13.3. The summed E-state index contributed by atoms with van der Waals surface area (Å²) in [4.78, 5) is 67.2. The Morgan fingerprint density at radius 1 is 0.944 bits per heavy atom. The highest BCUT2D eigenvalue weighted by molar-refractivity contribution is 5.97. The smallest absolute Gasteiger partial charge is 0.344 e. The fourth-order valence-electron chi connectivity index (χ4n) is 4.42. The van der Waals surface area contributed by atoms with E-state index in [1.807, 2.05) is 6.92 Å². The van der Waals surface area contributed by atoms with Crippen molar-refractivity contribution < 1.29 is 37.1 Å². The van der Waals surface area contributed by atoms with Gasteiger partial charge in [-0.2, -0.15) is 13.2 Å². The molecule has 204 valence electrons. The minimum atomic E-state index is -5.11. The van der Waals surface area contributed by atoms with Crippen molar-refractivity contribution in [2.24, 2.45) is 11.8 Å². The van der Waals surface area contributed by atoms with Crippen LogP contribution in [0.4, 0.5) is 18.0 Å². The topological polar surface area (TPSA) is 119 Å². The van der Waals surface area contributed by atoms with Crippen molar-refractivity contribution in [2.75, 3.05) is 32.7 Å². The van der Waals surface area contributed by atoms with Crippen molar-refractivity contribution in [2.45, 2.75) is 71.8 Å². The standard InChI is InChI=1S/C23H36F3N5O5/c1-6-29-10-11-30(22(29)36)12-16(32)27-18(14(4)5)21(35)31-9-7-8-15(31)20(34)28-17(13(2)3)19(33)23(24,25)26/h13-15,17-18H,6-12H2,1-5H3,(H,27,32)(H,28,34). The number of Topliss-reactive ketones (excluding diaryl/α,β-unsaturated/α-hetero) is 1. The van der Waals surface area contributed by atoms with Crippen LogP contribution in [0.15, 0.2) is 0 Å². The van der Waals surface area contributed by atoms with Gasteiger partial charge in [0, 0.05) is 26.2 Å². The lowest BCUT2D eigenvalue weighted by molar-refractivity contribution is -0.175. The average molecular weight is 520 g/mol. The molecule has 2 rings (SSSR count). The SMILES string of the molecule is CCN1CCN(CC(=O)NC(C(=O)N2CCCC2C(=O)NC(C(=O)C(F)(F)F)C(C)C)C(C)C)C1=O. The van der Waals surface area contributed by atoms with Crippen LogP contribution in [0.1, 0.15) is 47.5 Å². The minimum absolute atomic E-state index is 0.186. The first-order chi connectivity index (χ1) is 16.7. The number of likely N-dealkylation sites (N-methyl/N-ethyl adjacent to an activating group) is 1. The van der Waals surface area contributed by atoms with Gasteiger partial charge >= 0.3 is 12.2 Å². The van der Waals surface area contributed by atoms with E-state index < -0.39 is 53.7 Å². The lowest BCUT2D eigenvalue weighted by Crippen LogP contribution is -2.58. The zero-order chi connectivity index (χ0) is 27.4. The van der Waals surface area contributed by atoms with Crippen LogP contribution in [-0.2, 0) is 19.2 Å². The summed E-state index contributed by atoms with van der Waals surface area (Å²) in [6.07, 6.45) is -4.45. The number of halogens is 3. The zero-order valence-corrected chi connectivity index (χ0v) is 21.4. The third-order valence-corrected chi connectivity index (χ3v) is 6.51. The first-order valence-corrected chi connectivity index (χ1v) is 12.2. The van der Waals surface area contributed by atoms with Gasteiger partial charge < -0.3 is 25.3 Å². The molecule has 36 heavy (non-hydrogen) atoms. The zero-order valence-electron chi connectivity index (χ0n) is 21.4. The number of nitrogens with zero attached hydrogens (tertiary/aromatic N) is 3. The second-order valence-corrected chi connectivity index (χ2v) is 9.85. The van der Waals surface area contributed by atoms with Gasteiger partial charge in [-0.25, -0.2) is 4.79 Å². The van der Waals surface area contributed by atoms with E-state index in [0.717, 1.165) is 0 Å². The van der Waals surface area contributed by atoms with Crippen LogP contribution in [-0.4, -0.2) is 101 Å². The highest BCUT2D eigenvalue weighted by atomic mass is 19.4. The third-order valence-electron chi connectivity index (χ3n) is 6.51. The number of hydrogen-bond acceptors (Lipinski definition) is 5. The number of rotatable bonds is 10. The Bertz CT molecular complexity index is 864. The predicted octanol–water partition coefficient (Wildman–Crippen LogP) is 1.15. The summed E-state index contributed by atoms with van der Waals surface area (Å²) >= 11 is 0. The number of alkyl halides is 3. The number of ketones is 1. The monoisotopic (exact) mass is 519 g/mol. The lowest BCUT2D eigenvalue weighted by Gasteiger charge is -2.32. The van der Waals surface area contributed by atoms with E-state index in [0.29, 0.717) is 26.1 Å². The van der Waals surface area contributed by atoms with E-state index in [2.05, 4.69) is 10.6 Å². The molecule has 0 aromatic carbocycles. The van der Waals surface area contributed by atoms with Crippen LogP contribution in [0.25, 0.3) is 0 Å². The normalized spacial score (nSPS) is 20.2. The summed E-state index contributed by atoms with van der Waals surface area (Å²) < 4.78 is 39.0. The number of urea groups is 1. The molecule has 3 atom stereocenters. The first kappa shape index (κ1) is 29.4. The Morgan fingerprint density at radius 2 is 1.53 bits per heavy atom. The molecular weight excluding hydrogens is 483 g/mol.